The molecule has 2 aliphatic rings. The Labute approximate surface area is 333 Å². The summed E-state index contributed by atoms with van der Waals surface area (Å²) >= 11 is 0. The van der Waals surface area contributed by atoms with Gasteiger partial charge in [-0.05, 0) is 112 Å². The normalized spacial score (nSPS) is 16.9. The van der Waals surface area contributed by atoms with E-state index in [0.29, 0.717) is 0 Å². The Morgan fingerprint density at radius 3 is 1.68 bits per heavy atom. The topological polar surface area (TPSA) is 8.17 Å². The van der Waals surface area contributed by atoms with Gasteiger partial charge < -0.3 is 9.47 Å². The average molecular weight is 729 g/mol. The van der Waals surface area contributed by atoms with Crippen molar-refractivity contribution in [2.75, 3.05) is 4.90 Å². The molecule has 0 saturated carbocycles. The molecule has 11 rings (SSSR count). The minimum absolute atomic E-state index is 0.168. The zero-order valence-corrected chi connectivity index (χ0v) is 31.8. The number of anilines is 2. The van der Waals surface area contributed by atoms with Gasteiger partial charge in [0.05, 0.1) is 17.1 Å². The van der Waals surface area contributed by atoms with Gasteiger partial charge in [0.2, 0.25) is 0 Å². The maximum atomic E-state index is 2.54. The predicted octanol–water partition coefficient (Wildman–Crippen LogP) is 14.4. The molecule has 9 aromatic rings. The van der Waals surface area contributed by atoms with Crippen molar-refractivity contribution < 1.29 is 0 Å². The van der Waals surface area contributed by atoms with Crippen LogP contribution in [-0.2, 0) is 5.41 Å². The summed E-state index contributed by atoms with van der Waals surface area (Å²) in [6.45, 7) is 2.39. The molecule has 57 heavy (non-hydrogen) atoms. The van der Waals surface area contributed by atoms with Crippen LogP contribution in [-0.4, -0.2) is 10.6 Å². The third-order valence-corrected chi connectivity index (χ3v) is 12.3. The maximum Gasteiger partial charge on any atom is 0.0655 e. The first-order valence-electron chi connectivity index (χ1n) is 19.9. The summed E-state index contributed by atoms with van der Waals surface area (Å²) in [6.07, 6.45) is 9.17. The second-order valence-corrected chi connectivity index (χ2v) is 15.6. The molecule has 2 nitrogen and oxygen atoms in total. The Balaban J connectivity index is 0.960. The van der Waals surface area contributed by atoms with Crippen molar-refractivity contribution in [2.45, 2.75) is 18.4 Å². The SMILES string of the molecule is CC12C=CC=CC1N(c1cccc(-c3ccccc3)c1)c1ccc(-c3ccc4c(c3)c3ccccc3n4-c3ccc(-c4ccc(-c5ccccc5)cc4)cc3)cc12. The van der Waals surface area contributed by atoms with Crippen LogP contribution in [0.3, 0.4) is 0 Å². The standard InChI is InChI=1S/C55H40N2/c1-55-34-11-10-21-54(55)57(47-18-12-17-43(35-47)39-15-6-3-7-16-39)53-33-29-45(37-50(53)55)44-28-32-52-49(36-44)48-19-8-9-20-51(48)56(52)46-30-26-42(27-31-46)41-24-22-40(23-25-41)38-13-4-2-5-14-38/h2-37,54H,1H3. The van der Waals surface area contributed by atoms with E-state index in [1.165, 1.54) is 83.3 Å². The summed E-state index contributed by atoms with van der Waals surface area (Å²) in [6, 6.07) is 71.2. The van der Waals surface area contributed by atoms with Crippen LogP contribution in [0.2, 0.25) is 0 Å². The molecule has 270 valence electrons. The zero-order valence-electron chi connectivity index (χ0n) is 31.8. The van der Waals surface area contributed by atoms with Crippen molar-refractivity contribution in [2.24, 2.45) is 0 Å². The lowest BCUT2D eigenvalue weighted by Gasteiger charge is -2.34. The van der Waals surface area contributed by atoms with Gasteiger partial charge in [0.15, 0.2) is 0 Å². The van der Waals surface area contributed by atoms with Crippen LogP contribution >= 0.6 is 0 Å². The number of rotatable bonds is 6. The number of fused-ring (bicyclic) bond motifs is 6. The van der Waals surface area contributed by atoms with Gasteiger partial charge in [-0.15, -0.1) is 0 Å². The van der Waals surface area contributed by atoms with Crippen LogP contribution in [0.5, 0.6) is 0 Å². The predicted molar refractivity (Wildman–Crippen MR) is 241 cm³/mol. The molecular formula is C55H40N2. The largest absolute Gasteiger partial charge is 0.333 e. The summed E-state index contributed by atoms with van der Waals surface area (Å²) in [4.78, 5) is 2.54. The van der Waals surface area contributed by atoms with E-state index >= 15 is 0 Å². The highest BCUT2D eigenvalue weighted by Gasteiger charge is 2.46. The molecule has 2 atom stereocenters. The highest BCUT2D eigenvalue weighted by Crippen LogP contribution is 2.52. The number of para-hydroxylation sites is 1. The molecule has 0 spiro atoms. The number of benzene rings is 8. The van der Waals surface area contributed by atoms with E-state index in [1.54, 1.807) is 0 Å². The highest BCUT2D eigenvalue weighted by molar-refractivity contribution is 6.10. The monoisotopic (exact) mass is 728 g/mol. The number of aromatic nitrogens is 1. The van der Waals surface area contributed by atoms with Crippen molar-refractivity contribution in [3.8, 4) is 50.2 Å². The van der Waals surface area contributed by atoms with Gasteiger partial charge in [-0.1, -0.05) is 164 Å². The van der Waals surface area contributed by atoms with Crippen LogP contribution in [0.1, 0.15) is 12.5 Å². The van der Waals surface area contributed by atoms with Crippen molar-refractivity contribution >= 4 is 33.2 Å². The molecule has 2 heterocycles. The van der Waals surface area contributed by atoms with E-state index in [2.05, 4.69) is 235 Å². The van der Waals surface area contributed by atoms with Crippen LogP contribution in [0.25, 0.3) is 72.0 Å². The molecule has 0 saturated heterocycles. The number of hydrogen-bond acceptors (Lipinski definition) is 1. The molecule has 2 heteroatoms. The second-order valence-electron chi connectivity index (χ2n) is 15.6. The maximum absolute atomic E-state index is 2.54. The highest BCUT2D eigenvalue weighted by atomic mass is 15.2. The fourth-order valence-corrected chi connectivity index (χ4v) is 9.32. The fraction of sp³-hybridized carbons (Fsp3) is 0.0545. The molecule has 1 aliphatic carbocycles. The van der Waals surface area contributed by atoms with E-state index in [0.717, 1.165) is 5.69 Å². The molecule has 8 aromatic carbocycles. The Kier molecular flexibility index (Phi) is 7.72. The first-order chi connectivity index (χ1) is 28.1. The lowest BCUT2D eigenvalue weighted by Crippen LogP contribution is -2.39. The molecule has 0 N–H and O–H groups in total. The molecule has 1 aliphatic heterocycles. The number of allylic oxidation sites excluding steroid dienone is 2. The van der Waals surface area contributed by atoms with Gasteiger partial charge in [0.25, 0.3) is 0 Å². The summed E-state index contributed by atoms with van der Waals surface area (Å²) in [7, 11) is 0. The van der Waals surface area contributed by atoms with E-state index in [1.807, 2.05) is 0 Å². The molecule has 0 amide bonds. The Bertz CT molecular complexity index is 3010. The van der Waals surface area contributed by atoms with E-state index in [4.69, 9.17) is 0 Å². The third-order valence-electron chi connectivity index (χ3n) is 12.3. The minimum atomic E-state index is -0.168. The first kappa shape index (κ1) is 33.2. The average Bonchev–Trinajstić information content (AvgIpc) is 3.75. The molecule has 2 unspecified atom stereocenters. The number of hydrogen-bond donors (Lipinski definition) is 0. The van der Waals surface area contributed by atoms with Crippen molar-refractivity contribution in [3.05, 3.63) is 224 Å². The lowest BCUT2D eigenvalue weighted by molar-refractivity contribution is 0.551. The van der Waals surface area contributed by atoms with Gasteiger partial charge in [-0.3, -0.25) is 0 Å². The van der Waals surface area contributed by atoms with Crippen molar-refractivity contribution in [1.29, 1.82) is 0 Å². The van der Waals surface area contributed by atoms with Gasteiger partial charge in [-0.25, -0.2) is 0 Å². The molecule has 1 aromatic heterocycles. The first-order valence-corrected chi connectivity index (χ1v) is 19.9. The number of nitrogens with zero attached hydrogens (tertiary/aromatic N) is 2. The second kappa shape index (κ2) is 13.3. The summed E-state index contributed by atoms with van der Waals surface area (Å²) in [5.41, 5.74) is 17.0. The fourth-order valence-electron chi connectivity index (χ4n) is 9.32. The molecule has 0 bridgehead atoms. The molecule has 0 fully saturated rings. The smallest absolute Gasteiger partial charge is 0.0655 e. The molecule has 0 radical (unpaired) electrons. The third kappa shape index (κ3) is 5.48. The Morgan fingerprint density at radius 2 is 0.947 bits per heavy atom. The van der Waals surface area contributed by atoms with Gasteiger partial charge >= 0.3 is 0 Å². The lowest BCUT2D eigenvalue weighted by atomic mass is 9.75. The zero-order chi connectivity index (χ0) is 37.9. The van der Waals surface area contributed by atoms with Gasteiger partial charge in [0.1, 0.15) is 0 Å². The van der Waals surface area contributed by atoms with Crippen LogP contribution in [0, 0.1) is 0 Å². The molecular weight excluding hydrogens is 689 g/mol. The van der Waals surface area contributed by atoms with Crippen molar-refractivity contribution in [1.82, 2.24) is 4.57 Å². The summed E-state index contributed by atoms with van der Waals surface area (Å²) < 4.78 is 2.41. The van der Waals surface area contributed by atoms with E-state index < -0.39 is 0 Å². The Morgan fingerprint density at radius 1 is 0.404 bits per heavy atom. The van der Waals surface area contributed by atoms with Crippen LogP contribution in [0.15, 0.2) is 218 Å². The van der Waals surface area contributed by atoms with E-state index in [9.17, 15) is 0 Å². The van der Waals surface area contributed by atoms with Crippen molar-refractivity contribution in [3.63, 3.8) is 0 Å². The minimum Gasteiger partial charge on any atom is -0.333 e. The van der Waals surface area contributed by atoms with Crippen LogP contribution in [0.4, 0.5) is 11.4 Å². The van der Waals surface area contributed by atoms with E-state index in [-0.39, 0.29) is 11.5 Å². The van der Waals surface area contributed by atoms with Gasteiger partial charge in [0, 0.05) is 33.2 Å². The van der Waals surface area contributed by atoms with Gasteiger partial charge in [-0.2, -0.15) is 0 Å². The summed E-state index contributed by atoms with van der Waals surface area (Å²) in [5, 5.41) is 2.51. The summed E-state index contributed by atoms with van der Waals surface area (Å²) in [5.74, 6) is 0. The Hall–Kier alpha value is -7.16. The van der Waals surface area contributed by atoms with Crippen LogP contribution < -0.4 is 4.90 Å². The quantitative estimate of drug-likeness (QED) is 0.165.